The first-order valence-electron chi connectivity index (χ1n) is 5.77. The summed E-state index contributed by atoms with van der Waals surface area (Å²) in [6.07, 6.45) is 1.16. The Bertz CT molecular complexity index is 700. The molecule has 1 aliphatic heterocycles. The molecule has 0 atom stereocenters. The highest BCUT2D eigenvalue weighted by Crippen LogP contribution is 2.34. The van der Waals surface area contributed by atoms with E-state index in [1.54, 1.807) is 18.0 Å². The number of nitrogens with zero attached hydrogens (tertiary/aromatic N) is 1. The molecule has 0 unspecified atom stereocenters. The number of benzene rings is 1. The zero-order valence-corrected chi connectivity index (χ0v) is 12.5. The van der Waals surface area contributed by atoms with Gasteiger partial charge in [0.2, 0.25) is 0 Å². The fraction of sp³-hybridized carbons (Fsp3) is 0.333. The molecule has 6 nitrogen and oxygen atoms in total. The highest BCUT2D eigenvalue weighted by Gasteiger charge is 2.29. The molecule has 0 aromatic heterocycles. The Morgan fingerprint density at radius 1 is 1.30 bits per heavy atom. The van der Waals surface area contributed by atoms with E-state index in [0.717, 1.165) is 6.26 Å². The smallest absolute Gasteiger partial charge is 0.296 e. The molecular formula is C12H13ClN2O4S. The number of amides is 1. The maximum absolute atomic E-state index is 11.5. The summed E-state index contributed by atoms with van der Waals surface area (Å²) in [5, 5.41) is 2.75. The van der Waals surface area contributed by atoms with Gasteiger partial charge in [-0.05, 0) is 12.1 Å². The van der Waals surface area contributed by atoms with Gasteiger partial charge in [-0.3, -0.25) is 9.59 Å². The van der Waals surface area contributed by atoms with Gasteiger partial charge in [0.25, 0.3) is 11.7 Å². The van der Waals surface area contributed by atoms with Gasteiger partial charge in [0.1, 0.15) is 9.84 Å². The molecule has 108 valence electrons. The fourth-order valence-corrected chi connectivity index (χ4v) is 2.78. The summed E-state index contributed by atoms with van der Waals surface area (Å²) < 4.78 is 22.3. The summed E-state index contributed by atoms with van der Waals surface area (Å²) in [6, 6.07) is 2.99. The van der Waals surface area contributed by atoms with Gasteiger partial charge < -0.3 is 10.2 Å². The summed E-state index contributed by atoms with van der Waals surface area (Å²) in [7, 11) is -1.39. The lowest BCUT2D eigenvalue weighted by Crippen LogP contribution is -2.25. The van der Waals surface area contributed by atoms with Crippen LogP contribution in [0.25, 0.3) is 0 Å². The van der Waals surface area contributed by atoms with Crippen molar-refractivity contribution in [2.24, 2.45) is 0 Å². The second kappa shape index (κ2) is 5.06. The second-order valence-corrected chi connectivity index (χ2v) is 7.35. The molecule has 0 bridgehead atoms. The molecule has 20 heavy (non-hydrogen) atoms. The number of fused-ring (bicyclic) bond motifs is 1. The van der Waals surface area contributed by atoms with Crippen LogP contribution in [0.4, 0.5) is 11.4 Å². The average Bonchev–Trinajstić information content (AvgIpc) is 2.61. The van der Waals surface area contributed by atoms with E-state index < -0.39 is 21.5 Å². The normalized spacial score (nSPS) is 14.2. The number of ketones is 1. The molecule has 8 heteroatoms. The first-order chi connectivity index (χ1) is 9.19. The molecule has 1 aromatic rings. The molecule has 0 radical (unpaired) electrons. The number of Topliss-reactive ketones (excluding diaryl/α,β-unsaturated/α-hetero) is 1. The fourth-order valence-electron chi connectivity index (χ4n) is 1.87. The third kappa shape index (κ3) is 2.94. The van der Waals surface area contributed by atoms with Gasteiger partial charge in [-0.1, -0.05) is 11.6 Å². The summed E-state index contributed by atoms with van der Waals surface area (Å²) in [6.45, 7) is 0.263. The van der Waals surface area contributed by atoms with Gasteiger partial charge in [0, 0.05) is 19.8 Å². The number of halogens is 1. The molecule has 1 aliphatic rings. The predicted octanol–water partition coefficient (Wildman–Crippen LogP) is 0.956. The average molecular weight is 317 g/mol. The topological polar surface area (TPSA) is 83.6 Å². The first kappa shape index (κ1) is 14.8. The van der Waals surface area contributed by atoms with E-state index in [4.69, 9.17) is 11.6 Å². The molecular weight excluding hydrogens is 304 g/mol. The lowest BCUT2D eigenvalue weighted by Gasteiger charge is -2.20. The molecule has 0 fully saturated rings. The van der Waals surface area contributed by atoms with Gasteiger partial charge in [0.15, 0.2) is 0 Å². The van der Waals surface area contributed by atoms with Crippen molar-refractivity contribution in [1.82, 2.24) is 0 Å². The van der Waals surface area contributed by atoms with Crippen molar-refractivity contribution in [3.63, 3.8) is 0 Å². The van der Waals surface area contributed by atoms with Gasteiger partial charge in [-0.15, -0.1) is 0 Å². The summed E-state index contributed by atoms with van der Waals surface area (Å²) >= 11 is 6.08. The number of sulfone groups is 1. The predicted molar refractivity (Wildman–Crippen MR) is 77.4 cm³/mol. The number of anilines is 2. The SMILES string of the molecule is CN(CCS(C)(=O)=O)c1cc2c(cc1Cl)C(=O)C(=O)N2. The molecule has 1 aromatic carbocycles. The van der Waals surface area contributed by atoms with Crippen molar-refractivity contribution in [3.8, 4) is 0 Å². The minimum Gasteiger partial charge on any atom is -0.372 e. The van der Waals surface area contributed by atoms with Crippen molar-refractivity contribution >= 4 is 44.5 Å². The van der Waals surface area contributed by atoms with Crippen LogP contribution in [-0.4, -0.2) is 45.7 Å². The van der Waals surface area contributed by atoms with E-state index >= 15 is 0 Å². The van der Waals surface area contributed by atoms with Crippen molar-refractivity contribution in [3.05, 3.63) is 22.7 Å². The van der Waals surface area contributed by atoms with Crippen LogP contribution in [0.3, 0.4) is 0 Å². The summed E-state index contributed by atoms with van der Waals surface area (Å²) in [4.78, 5) is 24.5. The quantitative estimate of drug-likeness (QED) is 0.836. The van der Waals surface area contributed by atoms with Gasteiger partial charge in [-0.25, -0.2) is 8.42 Å². The highest BCUT2D eigenvalue weighted by molar-refractivity contribution is 7.90. The molecule has 0 saturated carbocycles. The number of nitrogens with one attached hydrogen (secondary N) is 1. The molecule has 2 rings (SSSR count). The highest BCUT2D eigenvalue weighted by atomic mass is 35.5. The Kier molecular flexibility index (Phi) is 3.75. The number of hydrogen-bond donors (Lipinski definition) is 1. The van der Waals surface area contributed by atoms with Crippen LogP contribution in [0.1, 0.15) is 10.4 Å². The van der Waals surface area contributed by atoms with Crippen molar-refractivity contribution < 1.29 is 18.0 Å². The lowest BCUT2D eigenvalue weighted by atomic mass is 10.1. The number of rotatable bonds is 4. The van der Waals surface area contributed by atoms with Gasteiger partial charge in [-0.2, -0.15) is 0 Å². The number of hydrogen-bond acceptors (Lipinski definition) is 5. The Morgan fingerprint density at radius 3 is 2.55 bits per heavy atom. The van der Waals surface area contributed by atoms with Gasteiger partial charge >= 0.3 is 0 Å². The van der Waals surface area contributed by atoms with Crippen LogP contribution in [0.5, 0.6) is 0 Å². The summed E-state index contributed by atoms with van der Waals surface area (Å²) in [5.41, 5.74) is 1.19. The van der Waals surface area contributed by atoms with E-state index in [1.807, 2.05) is 0 Å². The Labute approximate surface area is 121 Å². The van der Waals surface area contributed by atoms with E-state index in [9.17, 15) is 18.0 Å². The third-order valence-electron chi connectivity index (χ3n) is 2.99. The van der Waals surface area contributed by atoms with Crippen LogP contribution in [0.2, 0.25) is 5.02 Å². The van der Waals surface area contributed by atoms with E-state index in [0.29, 0.717) is 16.4 Å². The van der Waals surface area contributed by atoms with Crippen LogP contribution in [0.15, 0.2) is 12.1 Å². The lowest BCUT2D eigenvalue weighted by molar-refractivity contribution is -0.112. The molecule has 1 amide bonds. The largest absolute Gasteiger partial charge is 0.372 e. The summed E-state index contributed by atoms with van der Waals surface area (Å²) in [5.74, 6) is -1.32. The van der Waals surface area contributed by atoms with E-state index in [2.05, 4.69) is 5.32 Å². The first-order valence-corrected chi connectivity index (χ1v) is 8.21. The molecule has 0 saturated heterocycles. The van der Waals surface area contributed by atoms with Gasteiger partial charge in [0.05, 0.1) is 27.7 Å². The molecule has 1 heterocycles. The van der Waals surface area contributed by atoms with Crippen LogP contribution in [-0.2, 0) is 14.6 Å². The van der Waals surface area contributed by atoms with Crippen LogP contribution in [0, 0.1) is 0 Å². The van der Waals surface area contributed by atoms with Crippen molar-refractivity contribution in [1.29, 1.82) is 0 Å². The molecule has 1 N–H and O–H groups in total. The van der Waals surface area contributed by atoms with E-state index in [-0.39, 0.29) is 17.9 Å². The van der Waals surface area contributed by atoms with Crippen molar-refractivity contribution in [2.45, 2.75) is 0 Å². The molecule has 0 aliphatic carbocycles. The Morgan fingerprint density at radius 2 is 1.95 bits per heavy atom. The Balaban J connectivity index is 2.28. The van der Waals surface area contributed by atoms with Crippen LogP contribution < -0.4 is 10.2 Å². The minimum absolute atomic E-state index is 0.0117. The van der Waals surface area contributed by atoms with E-state index in [1.165, 1.54) is 6.07 Å². The molecule has 0 spiro atoms. The maximum Gasteiger partial charge on any atom is 0.296 e. The Hall–Kier alpha value is -1.60. The van der Waals surface area contributed by atoms with Crippen molar-refractivity contribution in [2.75, 3.05) is 35.8 Å². The zero-order valence-electron chi connectivity index (χ0n) is 10.9. The number of carbonyl (C=O) groups excluding carboxylic acids is 2. The zero-order chi connectivity index (χ0) is 15.1. The third-order valence-corrected chi connectivity index (χ3v) is 4.22. The van der Waals surface area contributed by atoms with Crippen LogP contribution >= 0.6 is 11.6 Å². The second-order valence-electron chi connectivity index (χ2n) is 4.68. The minimum atomic E-state index is -3.08. The monoisotopic (exact) mass is 316 g/mol. The maximum atomic E-state index is 11.5. The standard InChI is InChI=1S/C12H13ClN2O4S/c1-15(3-4-20(2,18)19)10-6-9-7(5-8(10)13)11(16)12(17)14-9/h5-6H,3-4H2,1-2H3,(H,14,16,17). The number of carbonyl (C=O) groups is 2.